The van der Waals surface area contributed by atoms with Gasteiger partial charge in [-0.2, -0.15) is 26.3 Å². The van der Waals surface area contributed by atoms with Crippen LogP contribution in [0.15, 0.2) is 29.4 Å². The van der Waals surface area contributed by atoms with Gasteiger partial charge in [-0.25, -0.2) is 0 Å². The number of ether oxygens (including phenoxy) is 1. The molecule has 0 radical (unpaired) electrons. The van der Waals surface area contributed by atoms with Gasteiger partial charge in [0.05, 0.1) is 18.2 Å². The van der Waals surface area contributed by atoms with Crippen LogP contribution in [0, 0.1) is 0 Å². The lowest BCUT2D eigenvalue weighted by Crippen LogP contribution is -2.53. The number of esters is 1. The van der Waals surface area contributed by atoms with Crippen LogP contribution >= 0.6 is 0 Å². The molecule has 2 rings (SSSR count). The number of hydrogen-bond acceptors (Lipinski definition) is 6. The molecular formula is C19H20F6N2O5. The number of rotatable bonds is 7. The zero-order chi connectivity index (χ0) is 24.3. The van der Waals surface area contributed by atoms with Gasteiger partial charge in [0.2, 0.25) is 6.10 Å². The molecule has 1 atom stereocenters. The number of oxime groups is 1. The van der Waals surface area contributed by atoms with Crippen LogP contribution in [0.3, 0.4) is 0 Å². The molecule has 1 aromatic rings. The summed E-state index contributed by atoms with van der Waals surface area (Å²) >= 11 is 0. The first-order chi connectivity index (χ1) is 14.7. The fourth-order valence-electron chi connectivity index (χ4n) is 2.80. The second-order valence-electron chi connectivity index (χ2n) is 7.20. The van der Waals surface area contributed by atoms with E-state index in [2.05, 4.69) is 10.5 Å². The van der Waals surface area contributed by atoms with Crippen LogP contribution in [0.1, 0.15) is 37.8 Å². The van der Waals surface area contributed by atoms with Crippen molar-refractivity contribution in [1.29, 1.82) is 0 Å². The minimum Gasteiger partial charge on any atom is -0.463 e. The number of benzene rings is 1. The van der Waals surface area contributed by atoms with Crippen molar-refractivity contribution in [3.63, 3.8) is 0 Å². The molecule has 0 spiro atoms. The number of alkyl halides is 6. The van der Waals surface area contributed by atoms with E-state index in [9.17, 15) is 41.0 Å². The average molecular weight is 470 g/mol. The highest BCUT2D eigenvalue weighted by Gasteiger charge is 2.71. The molecule has 1 aliphatic heterocycles. The van der Waals surface area contributed by atoms with Gasteiger partial charge in [0.25, 0.3) is 11.5 Å². The molecule has 0 saturated heterocycles. The quantitative estimate of drug-likeness (QED) is 0.472. The molecule has 0 fully saturated rings. The summed E-state index contributed by atoms with van der Waals surface area (Å²) < 4.78 is 82.6. The van der Waals surface area contributed by atoms with E-state index in [1.54, 1.807) is 13.8 Å². The Morgan fingerprint density at radius 1 is 1.16 bits per heavy atom. The molecule has 2 N–H and O–H groups in total. The number of carbonyl (C=O) groups excluding carboxylic acids is 2. The largest absolute Gasteiger partial charge is 0.463 e. The third-order valence-electron chi connectivity index (χ3n) is 4.41. The first-order valence-electron chi connectivity index (χ1n) is 9.33. The van der Waals surface area contributed by atoms with Crippen molar-refractivity contribution in [3.8, 4) is 0 Å². The normalized spacial score (nSPS) is 17.1. The van der Waals surface area contributed by atoms with Crippen molar-refractivity contribution >= 4 is 17.6 Å². The van der Waals surface area contributed by atoms with Gasteiger partial charge in [-0.05, 0) is 19.4 Å². The van der Waals surface area contributed by atoms with E-state index in [4.69, 9.17) is 9.57 Å². The molecule has 1 heterocycles. The number of carbonyl (C=O) groups is 2. The van der Waals surface area contributed by atoms with Crippen LogP contribution in [-0.4, -0.2) is 53.8 Å². The molecule has 32 heavy (non-hydrogen) atoms. The Morgan fingerprint density at radius 2 is 1.72 bits per heavy atom. The Morgan fingerprint density at radius 3 is 2.22 bits per heavy atom. The molecule has 1 amide bonds. The number of amides is 1. The molecule has 1 unspecified atom stereocenters. The molecule has 178 valence electrons. The molecule has 13 heteroatoms. The summed E-state index contributed by atoms with van der Waals surface area (Å²) in [4.78, 5) is 28.5. The van der Waals surface area contributed by atoms with E-state index in [0.717, 1.165) is 12.1 Å². The summed E-state index contributed by atoms with van der Waals surface area (Å²) in [7, 11) is 0. The number of aliphatic hydroxyl groups is 1. The van der Waals surface area contributed by atoms with Gasteiger partial charge < -0.3 is 20.0 Å². The monoisotopic (exact) mass is 470 g/mol. The SMILES string of the molecule is CC(C)OC(=O)CCNC(=O)C1CC(c2ccc(C(O)(C(F)(F)F)C(F)(F)F)cc2)=NO1. The first kappa shape index (κ1) is 25.4. The van der Waals surface area contributed by atoms with E-state index >= 15 is 0 Å². The maximum atomic E-state index is 13.0. The lowest BCUT2D eigenvalue weighted by Gasteiger charge is -2.32. The molecule has 0 bridgehead atoms. The van der Waals surface area contributed by atoms with Crippen LogP contribution in [0.4, 0.5) is 26.3 Å². The predicted molar refractivity (Wildman–Crippen MR) is 97.3 cm³/mol. The van der Waals surface area contributed by atoms with Crippen LogP contribution in [0.25, 0.3) is 0 Å². The summed E-state index contributed by atoms with van der Waals surface area (Å²) in [5, 5.41) is 15.5. The van der Waals surface area contributed by atoms with Crippen LogP contribution in [0.5, 0.6) is 0 Å². The number of halogens is 6. The van der Waals surface area contributed by atoms with Crippen molar-refractivity contribution in [2.75, 3.05) is 6.54 Å². The van der Waals surface area contributed by atoms with Crippen molar-refractivity contribution in [2.45, 2.75) is 56.9 Å². The highest BCUT2D eigenvalue weighted by atomic mass is 19.4. The molecule has 0 saturated carbocycles. The Bertz CT molecular complexity index is 850. The predicted octanol–water partition coefficient (Wildman–Crippen LogP) is 2.95. The zero-order valence-electron chi connectivity index (χ0n) is 16.9. The highest BCUT2D eigenvalue weighted by molar-refractivity contribution is 6.04. The lowest BCUT2D eigenvalue weighted by atomic mass is 9.90. The van der Waals surface area contributed by atoms with Gasteiger partial charge >= 0.3 is 18.3 Å². The van der Waals surface area contributed by atoms with Gasteiger partial charge in [-0.1, -0.05) is 29.4 Å². The third-order valence-corrected chi connectivity index (χ3v) is 4.41. The van der Waals surface area contributed by atoms with E-state index in [0.29, 0.717) is 12.1 Å². The van der Waals surface area contributed by atoms with Gasteiger partial charge in [0, 0.05) is 18.5 Å². The van der Waals surface area contributed by atoms with Crippen molar-refractivity contribution in [2.24, 2.45) is 5.16 Å². The van der Waals surface area contributed by atoms with E-state index < -0.39 is 41.5 Å². The Kier molecular flexibility index (Phi) is 7.43. The Labute approximate surface area is 178 Å². The molecule has 0 aromatic heterocycles. The second-order valence-corrected chi connectivity index (χ2v) is 7.20. The van der Waals surface area contributed by atoms with Crippen molar-refractivity contribution < 1.29 is 50.6 Å². The van der Waals surface area contributed by atoms with E-state index in [1.807, 2.05) is 0 Å². The van der Waals surface area contributed by atoms with Crippen LogP contribution in [-0.2, 0) is 24.8 Å². The zero-order valence-corrected chi connectivity index (χ0v) is 16.9. The second kappa shape index (κ2) is 9.35. The fraction of sp³-hybridized carbons (Fsp3) is 0.526. The van der Waals surface area contributed by atoms with Crippen molar-refractivity contribution in [1.82, 2.24) is 5.32 Å². The first-order valence-corrected chi connectivity index (χ1v) is 9.33. The standard InChI is InChI=1S/C19H20F6N2O5/c1-10(2)31-15(28)7-8-26-16(29)14-9-13(27-32-14)11-3-5-12(6-4-11)17(30,18(20,21)22)19(23,24)25/h3-6,10,14,30H,7-9H2,1-2H3,(H,26,29). The maximum Gasteiger partial charge on any atom is 0.430 e. The summed E-state index contributed by atoms with van der Waals surface area (Å²) in [5.74, 6) is -1.12. The molecule has 0 aliphatic carbocycles. The molecule has 7 nitrogen and oxygen atoms in total. The minimum absolute atomic E-state index is 0.0260. The van der Waals surface area contributed by atoms with E-state index in [1.165, 1.54) is 0 Å². The van der Waals surface area contributed by atoms with Crippen LogP contribution < -0.4 is 5.32 Å². The fourth-order valence-corrected chi connectivity index (χ4v) is 2.80. The van der Waals surface area contributed by atoms with Gasteiger partial charge in [0.1, 0.15) is 0 Å². The average Bonchev–Trinajstić information content (AvgIpc) is 3.15. The summed E-state index contributed by atoms with van der Waals surface area (Å²) in [6, 6.07) is 2.77. The lowest BCUT2D eigenvalue weighted by molar-refractivity contribution is -0.376. The van der Waals surface area contributed by atoms with Gasteiger partial charge in [0.15, 0.2) is 0 Å². The number of nitrogens with one attached hydrogen (secondary N) is 1. The Hall–Kier alpha value is -2.83. The van der Waals surface area contributed by atoms with Crippen molar-refractivity contribution in [3.05, 3.63) is 35.4 Å². The van der Waals surface area contributed by atoms with Crippen LogP contribution in [0.2, 0.25) is 0 Å². The third kappa shape index (κ3) is 5.50. The maximum absolute atomic E-state index is 13.0. The summed E-state index contributed by atoms with van der Waals surface area (Å²) in [6.07, 6.45) is -13.6. The van der Waals surface area contributed by atoms with E-state index in [-0.39, 0.29) is 36.8 Å². The molecule has 1 aromatic carbocycles. The highest BCUT2D eigenvalue weighted by Crippen LogP contribution is 2.50. The summed E-state index contributed by atoms with van der Waals surface area (Å²) in [5.41, 5.74) is -6.23. The topological polar surface area (TPSA) is 97.2 Å². The number of hydrogen-bond donors (Lipinski definition) is 2. The number of nitrogens with zero attached hydrogens (tertiary/aromatic N) is 1. The smallest absolute Gasteiger partial charge is 0.430 e. The molecule has 1 aliphatic rings. The molecular weight excluding hydrogens is 450 g/mol. The van der Waals surface area contributed by atoms with Gasteiger partial charge in [-0.3, -0.25) is 9.59 Å². The summed E-state index contributed by atoms with van der Waals surface area (Å²) in [6.45, 7) is 3.31. The Balaban J connectivity index is 2.00. The van der Waals surface area contributed by atoms with Gasteiger partial charge in [-0.15, -0.1) is 0 Å². The minimum atomic E-state index is -5.99.